The number of methoxy groups -OCH3 is 1. The molecule has 1 aromatic rings. The minimum atomic E-state index is -0.997. The fourth-order valence-corrected chi connectivity index (χ4v) is 1.17. The number of carboxylic acids is 1. The molecule has 3 N–H and O–H groups in total. The molecule has 15 heavy (non-hydrogen) atoms. The fraction of sp³-hybridized carbons (Fsp3) is 0.200. The third-order valence-corrected chi connectivity index (χ3v) is 1.91. The molecule has 1 rings (SSSR count). The second-order valence-electron chi connectivity index (χ2n) is 2.98. The predicted molar refractivity (Wildman–Crippen MR) is 53.5 cm³/mol. The summed E-state index contributed by atoms with van der Waals surface area (Å²) in [5, 5.41) is 8.61. The molecule has 0 saturated heterocycles. The molecule has 0 spiro atoms. The van der Waals surface area contributed by atoms with Gasteiger partial charge in [-0.05, 0) is 23.8 Å². The first-order valence-electron chi connectivity index (χ1n) is 4.23. The first kappa shape index (κ1) is 11.0. The van der Waals surface area contributed by atoms with Crippen molar-refractivity contribution in [1.29, 1.82) is 0 Å². The highest BCUT2D eigenvalue weighted by atomic mass is 16.5. The van der Waals surface area contributed by atoms with Crippen LogP contribution in [0.2, 0.25) is 0 Å². The van der Waals surface area contributed by atoms with Gasteiger partial charge in [0, 0.05) is 5.69 Å². The summed E-state index contributed by atoms with van der Waals surface area (Å²) in [5.74, 6) is -1.51. The average molecular weight is 209 g/mol. The molecule has 0 radical (unpaired) electrons. The summed E-state index contributed by atoms with van der Waals surface area (Å²) in [6.07, 6.45) is -0.212. The van der Waals surface area contributed by atoms with Crippen LogP contribution in [0.5, 0.6) is 0 Å². The van der Waals surface area contributed by atoms with Crippen molar-refractivity contribution in [3.05, 3.63) is 29.3 Å². The highest BCUT2D eigenvalue weighted by Crippen LogP contribution is 2.15. The van der Waals surface area contributed by atoms with E-state index in [1.54, 1.807) is 0 Å². The molecule has 1 aromatic carbocycles. The van der Waals surface area contributed by atoms with Crippen molar-refractivity contribution < 1.29 is 19.4 Å². The number of hydrogen-bond acceptors (Lipinski definition) is 4. The van der Waals surface area contributed by atoms with Crippen LogP contribution in [0.25, 0.3) is 0 Å². The number of benzene rings is 1. The van der Waals surface area contributed by atoms with E-state index in [0.717, 1.165) is 0 Å². The highest BCUT2D eigenvalue weighted by molar-refractivity contribution is 5.90. The number of esters is 1. The maximum atomic E-state index is 11.2. The molecule has 0 aliphatic heterocycles. The second-order valence-corrected chi connectivity index (χ2v) is 2.98. The molecule has 80 valence electrons. The SMILES string of the molecule is COC(=O)c1ccc(N)c(CC(=O)O)c1. The second kappa shape index (κ2) is 4.45. The van der Waals surface area contributed by atoms with Crippen LogP contribution in [0.4, 0.5) is 5.69 Å². The molecule has 0 unspecified atom stereocenters. The summed E-state index contributed by atoms with van der Waals surface area (Å²) >= 11 is 0. The summed E-state index contributed by atoms with van der Waals surface area (Å²) in [7, 11) is 1.26. The summed E-state index contributed by atoms with van der Waals surface area (Å²) < 4.78 is 4.51. The van der Waals surface area contributed by atoms with Crippen LogP contribution in [0.15, 0.2) is 18.2 Å². The molecule has 0 atom stereocenters. The molecule has 0 fully saturated rings. The number of nitrogens with two attached hydrogens (primary N) is 1. The van der Waals surface area contributed by atoms with Crippen molar-refractivity contribution in [3.8, 4) is 0 Å². The number of rotatable bonds is 3. The van der Waals surface area contributed by atoms with Crippen LogP contribution < -0.4 is 5.73 Å². The van der Waals surface area contributed by atoms with E-state index >= 15 is 0 Å². The first-order valence-corrected chi connectivity index (χ1v) is 4.23. The van der Waals surface area contributed by atoms with Crippen molar-refractivity contribution in [2.75, 3.05) is 12.8 Å². The lowest BCUT2D eigenvalue weighted by atomic mass is 10.1. The number of anilines is 1. The lowest BCUT2D eigenvalue weighted by Crippen LogP contribution is -2.07. The summed E-state index contributed by atoms with van der Waals surface area (Å²) in [5.41, 5.74) is 6.62. The Bertz CT molecular complexity index is 400. The van der Waals surface area contributed by atoms with Crippen LogP contribution in [-0.4, -0.2) is 24.2 Å². The van der Waals surface area contributed by atoms with Crippen molar-refractivity contribution in [1.82, 2.24) is 0 Å². The number of carbonyl (C=O) groups is 2. The van der Waals surface area contributed by atoms with Crippen molar-refractivity contribution in [3.63, 3.8) is 0 Å². The first-order chi connectivity index (χ1) is 7.04. The van der Waals surface area contributed by atoms with Gasteiger partial charge in [-0.3, -0.25) is 4.79 Å². The molecule has 0 amide bonds. The van der Waals surface area contributed by atoms with Gasteiger partial charge >= 0.3 is 11.9 Å². The minimum Gasteiger partial charge on any atom is -0.481 e. The minimum absolute atomic E-state index is 0.212. The zero-order valence-electron chi connectivity index (χ0n) is 8.19. The Labute approximate surface area is 86.5 Å². The van der Waals surface area contributed by atoms with Crippen LogP contribution in [0, 0.1) is 0 Å². The Balaban J connectivity index is 3.05. The van der Waals surface area contributed by atoms with Crippen LogP contribution >= 0.6 is 0 Å². The van der Waals surface area contributed by atoms with E-state index in [0.29, 0.717) is 16.8 Å². The molecular formula is C10H11NO4. The van der Waals surface area contributed by atoms with Gasteiger partial charge in [-0.2, -0.15) is 0 Å². The Morgan fingerprint density at radius 1 is 1.47 bits per heavy atom. The standard InChI is InChI=1S/C10H11NO4/c1-15-10(14)6-2-3-8(11)7(4-6)5-9(12)13/h2-4H,5,11H2,1H3,(H,12,13). The average Bonchev–Trinajstić information content (AvgIpc) is 2.19. The van der Waals surface area contributed by atoms with E-state index in [-0.39, 0.29) is 6.42 Å². The largest absolute Gasteiger partial charge is 0.481 e. The number of carbonyl (C=O) groups excluding carboxylic acids is 1. The third kappa shape index (κ3) is 2.70. The molecule has 0 aliphatic rings. The summed E-state index contributed by atoms with van der Waals surface area (Å²) in [4.78, 5) is 21.7. The summed E-state index contributed by atoms with van der Waals surface area (Å²) in [6, 6.07) is 4.41. The van der Waals surface area contributed by atoms with E-state index in [9.17, 15) is 9.59 Å². The maximum Gasteiger partial charge on any atom is 0.337 e. The smallest absolute Gasteiger partial charge is 0.337 e. The van der Waals surface area contributed by atoms with E-state index in [1.807, 2.05) is 0 Å². The molecule has 0 bridgehead atoms. The number of nitrogen functional groups attached to an aromatic ring is 1. The molecule has 0 aromatic heterocycles. The van der Waals surface area contributed by atoms with Crippen LogP contribution in [0.1, 0.15) is 15.9 Å². The van der Waals surface area contributed by atoms with Gasteiger partial charge in [-0.25, -0.2) is 4.79 Å². The number of aliphatic carboxylic acids is 1. The van der Waals surface area contributed by atoms with Crippen molar-refractivity contribution in [2.24, 2.45) is 0 Å². The van der Waals surface area contributed by atoms with Gasteiger partial charge in [-0.1, -0.05) is 0 Å². The Hall–Kier alpha value is -2.04. The number of hydrogen-bond donors (Lipinski definition) is 2. The molecule has 0 aliphatic carbocycles. The quantitative estimate of drug-likeness (QED) is 0.564. The Morgan fingerprint density at radius 2 is 2.13 bits per heavy atom. The molecule has 5 nitrogen and oxygen atoms in total. The van der Waals surface area contributed by atoms with Crippen LogP contribution in [-0.2, 0) is 16.0 Å². The van der Waals surface area contributed by atoms with Gasteiger partial charge in [0.1, 0.15) is 0 Å². The molecular weight excluding hydrogens is 198 g/mol. The highest BCUT2D eigenvalue weighted by Gasteiger charge is 2.10. The lowest BCUT2D eigenvalue weighted by Gasteiger charge is -2.05. The zero-order chi connectivity index (χ0) is 11.4. The van der Waals surface area contributed by atoms with Gasteiger partial charge < -0.3 is 15.6 Å². The Kier molecular flexibility index (Phi) is 3.28. The normalized spacial score (nSPS) is 9.67. The molecule has 0 heterocycles. The monoisotopic (exact) mass is 209 g/mol. The summed E-state index contributed by atoms with van der Waals surface area (Å²) in [6.45, 7) is 0. The van der Waals surface area contributed by atoms with Gasteiger partial charge in [-0.15, -0.1) is 0 Å². The van der Waals surface area contributed by atoms with Gasteiger partial charge in [0.15, 0.2) is 0 Å². The van der Waals surface area contributed by atoms with E-state index in [2.05, 4.69) is 4.74 Å². The third-order valence-electron chi connectivity index (χ3n) is 1.91. The van der Waals surface area contributed by atoms with Crippen LogP contribution in [0.3, 0.4) is 0 Å². The zero-order valence-corrected chi connectivity index (χ0v) is 8.19. The van der Waals surface area contributed by atoms with Crippen molar-refractivity contribution >= 4 is 17.6 Å². The predicted octanol–water partition coefficient (Wildman–Crippen LogP) is 0.682. The van der Waals surface area contributed by atoms with Gasteiger partial charge in [0.05, 0.1) is 19.1 Å². The van der Waals surface area contributed by atoms with Gasteiger partial charge in [0.2, 0.25) is 0 Å². The van der Waals surface area contributed by atoms with E-state index < -0.39 is 11.9 Å². The van der Waals surface area contributed by atoms with Crippen molar-refractivity contribution in [2.45, 2.75) is 6.42 Å². The lowest BCUT2D eigenvalue weighted by molar-refractivity contribution is -0.136. The number of ether oxygens (including phenoxy) is 1. The maximum absolute atomic E-state index is 11.2. The topological polar surface area (TPSA) is 89.6 Å². The fourth-order valence-electron chi connectivity index (χ4n) is 1.17. The van der Waals surface area contributed by atoms with E-state index in [1.165, 1.54) is 25.3 Å². The molecule has 0 saturated carbocycles. The van der Waals surface area contributed by atoms with Gasteiger partial charge in [0.25, 0.3) is 0 Å². The number of carboxylic acid groups (broad SMARTS) is 1. The Morgan fingerprint density at radius 3 is 2.67 bits per heavy atom. The van der Waals surface area contributed by atoms with E-state index in [4.69, 9.17) is 10.8 Å². The molecule has 5 heteroatoms.